The first-order valence-electron chi connectivity index (χ1n) is 38.3. The third-order valence-corrected chi connectivity index (χ3v) is 18.9. The van der Waals surface area contributed by atoms with Gasteiger partial charge in [-0.15, -0.1) is 0 Å². The summed E-state index contributed by atoms with van der Waals surface area (Å²) in [4.78, 5) is 104. The Kier molecular flexibility index (Phi) is 46.3. The van der Waals surface area contributed by atoms with Gasteiger partial charge in [0.05, 0.1) is 132 Å². The minimum atomic E-state index is -1.48. The molecular weight excluding hydrogens is 1460 g/mol. The van der Waals surface area contributed by atoms with Crippen molar-refractivity contribution in [2.75, 3.05) is 152 Å². The largest absolute Gasteiger partial charge is 0.394 e. The fraction of sp³-hybridized carbons (Fsp3) is 0.889. The van der Waals surface area contributed by atoms with Crippen molar-refractivity contribution < 1.29 is 146 Å². The van der Waals surface area contributed by atoms with E-state index in [0.29, 0.717) is 19.1 Å². The molecule has 110 heavy (non-hydrogen) atoms. The number of amides is 8. The van der Waals surface area contributed by atoms with Crippen molar-refractivity contribution in [3.63, 3.8) is 0 Å². The standard InChI is InChI=1S/C72H130N8O30/c1-45-12-13-49(38-45)107-44-71(7,8)42-70(5,6)43-76-53(87)10-9-11-57(91)80-72(17-14-54(88)73-20-23-98-26-29-101-32-35-104-67-58(77-46(2)84)64(95)61(92)50(39-81)108-67,18-15-55(89)74-21-24-99-27-30-102-33-36-105-68-59(78-47(3)85)65(96)62(93)51(40-82)109-68)19-16-56(90)75-22-25-100-28-31-103-34-37-106-69-60(79-48(4)86)66(97)63(94)52(41-83)110-69/h45,49-52,58-69,81-83,92-97H,9-44H2,1-8H3,(H,73,88)(H,74,89)(H,75,90)(H,76,87)(H,77,84)(H,78,85)(H,79,86)(H,80,91). The molecule has 0 aromatic rings. The summed E-state index contributed by atoms with van der Waals surface area (Å²) in [6.07, 6.45) is -12.2. The highest BCUT2D eigenvalue weighted by molar-refractivity contribution is 5.81. The van der Waals surface area contributed by atoms with Crippen LogP contribution in [0.4, 0.5) is 0 Å². The van der Waals surface area contributed by atoms with Crippen LogP contribution >= 0.6 is 0 Å². The van der Waals surface area contributed by atoms with Gasteiger partial charge >= 0.3 is 0 Å². The van der Waals surface area contributed by atoms with Gasteiger partial charge in [0, 0.05) is 84.6 Å². The van der Waals surface area contributed by atoms with Gasteiger partial charge in [-0.05, 0) is 68.1 Å². The quantitative estimate of drug-likeness (QED) is 0.0255. The fourth-order valence-electron chi connectivity index (χ4n) is 13.4. The maximum Gasteiger partial charge on any atom is 0.220 e. The van der Waals surface area contributed by atoms with E-state index in [9.17, 15) is 84.3 Å². The molecule has 1 saturated carbocycles. The van der Waals surface area contributed by atoms with E-state index in [1.165, 1.54) is 20.8 Å². The monoisotopic (exact) mass is 1590 g/mol. The van der Waals surface area contributed by atoms with Gasteiger partial charge in [-0.1, -0.05) is 34.6 Å². The Morgan fingerprint density at radius 3 is 1.05 bits per heavy atom. The van der Waals surface area contributed by atoms with Gasteiger partial charge in [0.2, 0.25) is 47.3 Å². The molecule has 17 unspecified atom stereocenters. The summed E-state index contributed by atoms with van der Waals surface area (Å²) >= 11 is 0. The van der Waals surface area contributed by atoms with Crippen molar-refractivity contribution >= 4 is 47.3 Å². The second kappa shape index (κ2) is 52.4. The van der Waals surface area contributed by atoms with Crippen LogP contribution in [0.25, 0.3) is 0 Å². The van der Waals surface area contributed by atoms with Crippen LogP contribution in [-0.4, -0.2) is 349 Å². The van der Waals surface area contributed by atoms with Crippen LogP contribution in [0.2, 0.25) is 0 Å². The molecule has 17 N–H and O–H groups in total. The second-order valence-electron chi connectivity index (χ2n) is 30.0. The molecule has 3 saturated heterocycles. The molecule has 638 valence electrons. The van der Waals surface area contributed by atoms with Gasteiger partial charge in [0.15, 0.2) is 18.9 Å². The van der Waals surface area contributed by atoms with Crippen molar-refractivity contribution in [3.8, 4) is 0 Å². The average Bonchev–Trinajstić information content (AvgIpc) is 0.861. The lowest BCUT2D eigenvalue weighted by atomic mass is 9.75. The van der Waals surface area contributed by atoms with Crippen molar-refractivity contribution in [2.24, 2.45) is 16.7 Å². The third-order valence-electron chi connectivity index (χ3n) is 18.9. The molecule has 0 aromatic heterocycles. The van der Waals surface area contributed by atoms with E-state index in [2.05, 4.69) is 77.2 Å². The number of carbonyl (C=O) groups excluding carboxylic acids is 8. The number of carbonyl (C=O) groups is 8. The molecule has 4 rings (SSSR count). The maximum absolute atomic E-state index is 14.2. The van der Waals surface area contributed by atoms with Crippen LogP contribution in [0, 0.1) is 16.7 Å². The molecule has 38 nitrogen and oxygen atoms in total. The number of aliphatic hydroxyl groups excluding tert-OH is 9. The molecule has 4 aliphatic rings. The van der Waals surface area contributed by atoms with E-state index < -0.39 is 159 Å². The molecule has 1 aliphatic carbocycles. The molecule has 0 aromatic carbocycles. The zero-order valence-electron chi connectivity index (χ0n) is 65.4. The van der Waals surface area contributed by atoms with Crippen molar-refractivity contribution in [3.05, 3.63) is 0 Å². The lowest BCUT2D eigenvalue weighted by Gasteiger charge is -2.42. The zero-order chi connectivity index (χ0) is 81.2. The molecule has 38 heteroatoms. The lowest BCUT2D eigenvalue weighted by molar-refractivity contribution is -0.272. The summed E-state index contributed by atoms with van der Waals surface area (Å²) in [5.74, 6) is -2.89. The van der Waals surface area contributed by atoms with E-state index in [1.807, 2.05) is 0 Å². The van der Waals surface area contributed by atoms with E-state index >= 15 is 0 Å². The predicted molar refractivity (Wildman–Crippen MR) is 388 cm³/mol. The van der Waals surface area contributed by atoms with E-state index in [1.54, 1.807) is 0 Å². The smallest absolute Gasteiger partial charge is 0.220 e. The molecule has 0 radical (unpaired) electrons. The number of nitrogens with one attached hydrogen (secondary N) is 8. The Balaban J connectivity index is 1.36. The topological polar surface area (TPSA) is 535 Å². The SMILES string of the molecule is CC(=O)NC1C(OCCOCCOCCNC(=O)CCC(CCC(=O)NCCOCCOCCOC2OC(CO)C(O)C(O)C2NC(C)=O)(CCC(=O)NCCOCCOCCOC2OC(CO)C(O)C(O)C2NC(C)=O)NC(=O)CCCC(=O)NCC(C)(C)CC(C)(C)COC2CCC(C)C2)OC(CO)C(O)C1O. The first-order valence-corrected chi connectivity index (χ1v) is 38.3. The number of ether oxygens (including phenoxy) is 13. The van der Waals surface area contributed by atoms with Gasteiger partial charge in [-0.3, -0.25) is 38.4 Å². The van der Waals surface area contributed by atoms with Crippen molar-refractivity contribution in [1.82, 2.24) is 42.5 Å². The summed E-state index contributed by atoms with van der Waals surface area (Å²) in [6.45, 7) is 14.5. The Morgan fingerprint density at radius 2 is 0.727 bits per heavy atom. The van der Waals surface area contributed by atoms with Crippen LogP contribution in [-0.2, 0) is 99.9 Å². The van der Waals surface area contributed by atoms with Gasteiger partial charge in [0.25, 0.3) is 0 Å². The van der Waals surface area contributed by atoms with Gasteiger partial charge in [-0.2, -0.15) is 0 Å². The molecule has 3 aliphatic heterocycles. The second-order valence-corrected chi connectivity index (χ2v) is 30.0. The van der Waals surface area contributed by atoms with E-state index in [0.717, 1.165) is 25.7 Å². The summed E-state index contributed by atoms with van der Waals surface area (Å²) in [5, 5.41) is 113. The predicted octanol–water partition coefficient (Wildman–Crippen LogP) is -4.55. The van der Waals surface area contributed by atoms with Crippen molar-refractivity contribution in [2.45, 2.75) is 242 Å². The van der Waals surface area contributed by atoms with Crippen LogP contribution in [0.15, 0.2) is 0 Å². The van der Waals surface area contributed by atoms with Crippen LogP contribution in [0.5, 0.6) is 0 Å². The molecule has 0 bridgehead atoms. The zero-order valence-corrected chi connectivity index (χ0v) is 65.4. The minimum absolute atomic E-state index is 0.0238. The Bertz CT molecular complexity index is 2470. The Labute approximate surface area is 644 Å². The molecule has 4 fully saturated rings. The number of hydrogen-bond acceptors (Lipinski definition) is 30. The average molecular weight is 1590 g/mol. The highest BCUT2D eigenvalue weighted by atomic mass is 16.7. The third kappa shape index (κ3) is 37.9. The molecule has 0 spiro atoms. The van der Waals surface area contributed by atoms with E-state index in [-0.39, 0.29) is 199 Å². The highest BCUT2D eigenvalue weighted by Gasteiger charge is 2.48. The van der Waals surface area contributed by atoms with E-state index in [4.69, 9.17) is 61.6 Å². The lowest BCUT2D eigenvalue weighted by Crippen LogP contribution is -2.64. The van der Waals surface area contributed by atoms with Gasteiger partial charge in [0.1, 0.15) is 73.1 Å². The molecule has 3 heterocycles. The van der Waals surface area contributed by atoms with Crippen LogP contribution in [0.1, 0.15) is 139 Å². The summed E-state index contributed by atoms with van der Waals surface area (Å²) in [7, 11) is 0. The molecule has 8 amide bonds. The Morgan fingerprint density at radius 1 is 0.400 bits per heavy atom. The maximum atomic E-state index is 14.2. The first-order chi connectivity index (χ1) is 52.3. The number of aliphatic hydroxyl groups is 9. The minimum Gasteiger partial charge on any atom is -0.394 e. The summed E-state index contributed by atoms with van der Waals surface area (Å²) in [5.41, 5.74) is -1.77. The van der Waals surface area contributed by atoms with Gasteiger partial charge < -0.3 is 150 Å². The first kappa shape index (κ1) is 97.2. The van der Waals surface area contributed by atoms with Gasteiger partial charge in [-0.25, -0.2) is 0 Å². The van der Waals surface area contributed by atoms with Crippen LogP contribution < -0.4 is 42.5 Å². The fourth-order valence-corrected chi connectivity index (χ4v) is 13.4. The number of hydrogen-bond donors (Lipinski definition) is 17. The summed E-state index contributed by atoms with van der Waals surface area (Å²) in [6, 6.07) is -3.36. The normalized spacial score (nSPS) is 26.9. The molecule has 17 atom stereocenters. The Hall–Kier alpha value is -5.12. The highest BCUT2D eigenvalue weighted by Crippen LogP contribution is 2.36. The van der Waals surface area contributed by atoms with Crippen molar-refractivity contribution in [1.29, 1.82) is 0 Å². The van der Waals surface area contributed by atoms with Crippen LogP contribution in [0.3, 0.4) is 0 Å². The molecular formula is C72H130N8O30. The summed E-state index contributed by atoms with van der Waals surface area (Å²) < 4.78 is 73.8. The number of rotatable bonds is 57.